The summed E-state index contributed by atoms with van der Waals surface area (Å²) in [5.41, 5.74) is 1.21. The number of phenolic OH excluding ortho intramolecular Hbond substituents is 1. The number of hydrogen-bond acceptors (Lipinski definition) is 3. The van der Waals surface area contributed by atoms with Crippen molar-refractivity contribution in [2.75, 3.05) is 17.7 Å². The van der Waals surface area contributed by atoms with Crippen LogP contribution in [0.4, 0.5) is 16.2 Å². The summed E-state index contributed by atoms with van der Waals surface area (Å²) in [6, 6.07) is 7.76. The molecule has 0 saturated heterocycles. The average Bonchev–Trinajstić information content (AvgIpc) is 2.50. The summed E-state index contributed by atoms with van der Waals surface area (Å²) in [5.74, 6) is 0.381. The van der Waals surface area contributed by atoms with Gasteiger partial charge in [0.05, 0.1) is 17.8 Å². The largest absolute Gasteiger partial charge is 0.504 e. The second-order valence-electron chi connectivity index (χ2n) is 4.50. The maximum Gasteiger partial charge on any atom is 0.323 e. The number of halogens is 2. The minimum atomic E-state index is -0.542. The fourth-order valence-corrected chi connectivity index (χ4v) is 2.24. The highest BCUT2D eigenvalue weighted by atomic mass is 35.5. The molecule has 116 valence electrons. The van der Waals surface area contributed by atoms with E-state index in [9.17, 15) is 9.90 Å². The van der Waals surface area contributed by atoms with Gasteiger partial charge in [0.1, 0.15) is 5.75 Å². The van der Waals surface area contributed by atoms with Gasteiger partial charge in [-0.05, 0) is 30.7 Å². The molecule has 0 atom stereocenters. The van der Waals surface area contributed by atoms with E-state index >= 15 is 0 Å². The third-order valence-corrected chi connectivity index (χ3v) is 3.85. The molecule has 3 N–H and O–H groups in total. The van der Waals surface area contributed by atoms with Gasteiger partial charge in [0.15, 0.2) is 5.75 Å². The van der Waals surface area contributed by atoms with E-state index in [0.29, 0.717) is 22.0 Å². The van der Waals surface area contributed by atoms with Gasteiger partial charge < -0.3 is 20.5 Å². The van der Waals surface area contributed by atoms with Gasteiger partial charge in [0.2, 0.25) is 0 Å². The zero-order valence-corrected chi connectivity index (χ0v) is 13.4. The Morgan fingerprint density at radius 2 is 1.95 bits per heavy atom. The van der Waals surface area contributed by atoms with E-state index < -0.39 is 6.03 Å². The van der Waals surface area contributed by atoms with Gasteiger partial charge in [-0.15, -0.1) is 0 Å². The lowest BCUT2D eigenvalue weighted by atomic mass is 10.2. The maximum atomic E-state index is 12.0. The van der Waals surface area contributed by atoms with Crippen LogP contribution in [-0.4, -0.2) is 18.2 Å². The van der Waals surface area contributed by atoms with Crippen LogP contribution in [-0.2, 0) is 0 Å². The summed E-state index contributed by atoms with van der Waals surface area (Å²) in [6.07, 6.45) is 0. The molecule has 0 aliphatic carbocycles. The van der Waals surface area contributed by atoms with Crippen LogP contribution in [0.25, 0.3) is 0 Å². The average molecular weight is 341 g/mol. The van der Waals surface area contributed by atoms with Gasteiger partial charge in [-0.3, -0.25) is 0 Å². The lowest BCUT2D eigenvalue weighted by Crippen LogP contribution is -2.19. The van der Waals surface area contributed by atoms with Crippen molar-refractivity contribution in [1.29, 1.82) is 0 Å². The van der Waals surface area contributed by atoms with E-state index in [0.717, 1.165) is 0 Å². The molecule has 2 amide bonds. The molecule has 22 heavy (non-hydrogen) atoms. The number of nitrogens with one attached hydrogen (secondary N) is 2. The molecule has 0 unspecified atom stereocenters. The van der Waals surface area contributed by atoms with Crippen LogP contribution >= 0.6 is 23.2 Å². The van der Waals surface area contributed by atoms with Crippen LogP contribution in [0.1, 0.15) is 5.56 Å². The zero-order valence-electron chi connectivity index (χ0n) is 11.9. The van der Waals surface area contributed by atoms with Crippen molar-refractivity contribution in [3.63, 3.8) is 0 Å². The topological polar surface area (TPSA) is 70.6 Å². The number of urea groups is 1. The molecular formula is C15H14Cl2N2O3. The van der Waals surface area contributed by atoms with E-state index in [1.54, 1.807) is 31.2 Å². The molecule has 2 aromatic rings. The van der Waals surface area contributed by atoms with Gasteiger partial charge >= 0.3 is 6.03 Å². The molecule has 0 radical (unpaired) electrons. The van der Waals surface area contributed by atoms with E-state index in [1.807, 2.05) is 0 Å². The number of carbonyl (C=O) groups excluding carboxylic acids is 1. The lowest BCUT2D eigenvalue weighted by molar-refractivity contribution is 0.262. The first-order valence-corrected chi connectivity index (χ1v) is 7.07. The van der Waals surface area contributed by atoms with Crippen molar-refractivity contribution < 1.29 is 14.6 Å². The number of carbonyl (C=O) groups is 1. The van der Waals surface area contributed by atoms with Crippen LogP contribution in [0.15, 0.2) is 30.3 Å². The first kappa shape index (κ1) is 16.3. The minimum absolute atomic E-state index is 0.101. The molecular weight excluding hydrogens is 327 g/mol. The Kier molecular flexibility index (Phi) is 5.00. The van der Waals surface area contributed by atoms with Crippen LogP contribution in [0, 0.1) is 6.92 Å². The van der Waals surface area contributed by atoms with Crippen molar-refractivity contribution in [3.8, 4) is 11.5 Å². The number of ether oxygens (including phenoxy) is 1. The molecule has 0 heterocycles. The number of hydrogen-bond donors (Lipinski definition) is 3. The molecule has 0 bridgehead atoms. The Morgan fingerprint density at radius 3 is 2.64 bits per heavy atom. The summed E-state index contributed by atoms with van der Waals surface area (Å²) >= 11 is 11.9. The fraction of sp³-hybridized carbons (Fsp3) is 0.133. The third kappa shape index (κ3) is 3.55. The molecule has 0 aliphatic heterocycles. The third-order valence-electron chi connectivity index (χ3n) is 3.00. The second kappa shape index (κ2) is 6.77. The number of anilines is 2. The summed E-state index contributed by atoms with van der Waals surface area (Å²) in [5, 5.41) is 15.5. The van der Waals surface area contributed by atoms with Crippen LogP contribution in [0.3, 0.4) is 0 Å². The van der Waals surface area contributed by atoms with Crippen LogP contribution in [0.5, 0.6) is 11.5 Å². The highest BCUT2D eigenvalue weighted by molar-refractivity contribution is 6.37. The first-order chi connectivity index (χ1) is 10.4. The Bertz CT molecular complexity index is 720. The number of rotatable bonds is 3. The highest BCUT2D eigenvalue weighted by Gasteiger charge is 2.14. The monoisotopic (exact) mass is 340 g/mol. The smallest absolute Gasteiger partial charge is 0.323 e. The van der Waals surface area contributed by atoms with Gasteiger partial charge in [-0.2, -0.15) is 0 Å². The lowest BCUT2D eigenvalue weighted by Gasteiger charge is -2.12. The normalized spacial score (nSPS) is 10.2. The number of phenols is 1. The Hall–Kier alpha value is -2.11. The van der Waals surface area contributed by atoms with Crippen molar-refractivity contribution in [3.05, 3.63) is 45.9 Å². The quantitative estimate of drug-likeness (QED) is 0.711. The first-order valence-electron chi connectivity index (χ1n) is 6.32. The number of amides is 2. The molecule has 2 aromatic carbocycles. The molecule has 7 heteroatoms. The summed E-state index contributed by atoms with van der Waals surface area (Å²) in [4.78, 5) is 12.0. The molecule has 2 rings (SSSR count). The molecule has 0 aromatic heterocycles. The Morgan fingerprint density at radius 1 is 1.23 bits per heavy atom. The molecule has 0 saturated carbocycles. The fourth-order valence-electron chi connectivity index (χ4n) is 1.78. The minimum Gasteiger partial charge on any atom is -0.504 e. The number of methoxy groups -OCH3 is 1. The van der Waals surface area contributed by atoms with Crippen molar-refractivity contribution in [2.24, 2.45) is 0 Å². The van der Waals surface area contributed by atoms with Gasteiger partial charge in [-0.1, -0.05) is 29.3 Å². The van der Waals surface area contributed by atoms with Crippen LogP contribution in [0.2, 0.25) is 10.0 Å². The molecule has 0 fully saturated rings. The SMILES string of the molecule is COc1cccc(NC(=O)Nc2cc(Cl)c(C)c(Cl)c2O)c1. The summed E-state index contributed by atoms with van der Waals surface area (Å²) < 4.78 is 5.07. The molecule has 0 spiro atoms. The van der Waals surface area contributed by atoms with E-state index in [2.05, 4.69) is 10.6 Å². The van der Waals surface area contributed by atoms with Gasteiger partial charge in [0.25, 0.3) is 0 Å². The highest BCUT2D eigenvalue weighted by Crippen LogP contribution is 2.38. The predicted molar refractivity (Wildman–Crippen MR) is 88.5 cm³/mol. The zero-order chi connectivity index (χ0) is 16.3. The Balaban J connectivity index is 2.15. The second-order valence-corrected chi connectivity index (χ2v) is 5.29. The van der Waals surface area contributed by atoms with E-state index in [1.165, 1.54) is 13.2 Å². The van der Waals surface area contributed by atoms with Crippen molar-refractivity contribution >= 4 is 40.6 Å². The van der Waals surface area contributed by atoms with Crippen LogP contribution < -0.4 is 15.4 Å². The Labute approximate surface area is 137 Å². The molecule has 0 aliphatic rings. The predicted octanol–water partition coefficient (Wildman–Crippen LogP) is 4.66. The summed E-state index contributed by atoms with van der Waals surface area (Å²) in [7, 11) is 1.54. The van der Waals surface area contributed by atoms with Gasteiger partial charge in [-0.25, -0.2) is 4.79 Å². The van der Waals surface area contributed by atoms with Gasteiger partial charge in [0, 0.05) is 16.8 Å². The van der Waals surface area contributed by atoms with Crippen molar-refractivity contribution in [1.82, 2.24) is 0 Å². The van der Waals surface area contributed by atoms with Crippen molar-refractivity contribution in [2.45, 2.75) is 6.92 Å². The number of benzene rings is 2. The van der Waals surface area contributed by atoms with E-state index in [-0.39, 0.29) is 16.5 Å². The summed E-state index contributed by atoms with van der Waals surface area (Å²) in [6.45, 7) is 1.67. The number of aromatic hydroxyl groups is 1. The standard InChI is InChI=1S/C15H14Cl2N2O3/c1-8-11(16)7-12(14(20)13(8)17)19-15(21)18-9-4-3-5-10(6-9)22-2/h3-7,20H,1-2H3,(H2,18,19,21). The van der Waals surface area contributed by atoms with E-state index in [4.69, 9.17) is 27.9 Å². The molecule has 5 nitrogen and oxygen atoms in total. The maximum absolute atomic E-state index is 12.0.